The fourth-order valence-electron chi connectivity index (χ4n) is 4.01. The molecule has 3 heteroatoms. The van der Waals surface area contributed by atoms with E-state index >= 15 is 0 Å². The molecule has 2 aliphatic carbocycles. The highest BCUT2D eigenvalue weighted by atomic mass is 16.1. The Morgan fingerprint density at radius 3 is 2.62 bits per heavy atom. The molecule has 0 fully saturated rings. The van der Waals surface area contributed by atoms with E-state index in [0.29, 0.717) is 12.3 Å². The van der Waals surface area contributed by atoms with E-state index in [0.717, 1.165) is 48.9 Å². The minimum Gasteiger partial charge on any atom is -0.303 e. The van der Waals surface area contributed by atoms with Crippen LogP contribution in [0.2, 0.25) is 0 Å². The predicted octanol–water partition coefficient (Wildman–Crippen LogP) is 6.08. The summed E-state index contributed by atoms with van der Waals surface area (Å²) in [6.07, 6.45) is 21.2. The van der Waals surface area contributed by atoms with Crippen molar-refractivity contribution < 1.29 is 4.79 Å². The van der Waals surface area contributed by atoms with Crippen LogP contribution in [0.25, 0.3) is 11.1 Å². The van der Waals surface area contributed by atoms with Crippen molar-refractivity contribution in [1.82, 2.24) is 9.97 Å². The molecule has 1 atom stereocenters. The highest BCUT2D eigenvalue weighted by molar-refractivity contribution is 5.73. The van der Waals surface area contributed by atoms with Crippen molar-refractivity contribution in [3.8, 4) is 0 Å². The topological polar surface area (TPSA) is 42.9 Å². The summed E-state index contributed by atoms with van der Waals surface area (Å²) >= 11 is 0. The van der Waals surface area contributed by atoms with Crippen LogP contribution in [0.5, 0.6) is 0 Å². The number of carbonyl (C=O) groups excluding carboxylic acids is 1. The second-order valence-electron chi connectivity index (χ2n) is 7.67. The minimum absolute atomic E-state index is 0.578. The van der Waals surface area contributed by atoms with Gasteiger partial charge in [0.1, 0.15) is 6.29 Å². The summed E-state index contributed by atoms with van der Waals surface area (Å²) in [7, 11) is 0. The molecular formula is C26H26N2O. The maximum Gasteiger partial charge on any atom is 0.159 e. The van der Waals surface area contributed by atoms with Crippen LogP contribution in [0.1, 0.15) is 61.4 Å². The van der Waals surface area contributed by atoms with Gasteiger partial charge in [0.2, 0.25) is 0 Å². The molecule has 1 unspecified atom stereocenters. The lowest BCUT2D eigenvalue weighted by atomic mass is 9.83. The van der Waals surface area contributed by atoms with Crippen molar-refractivity contribution in [1.29, 1.82) is 0 Å². The lowest BCUT2D eigenvalue weighted by Gasteiger charge is -2.22. The van der Waals surface area contributed by atoms with Gasteiger partial charge in [-0.15, -0.1) is 0 Å². The second kappa shape index (κ2) is 9.42. The molecule has 0 bridgehead atoms. The van der Waals surface area contributed by atoms with Crippen molar-refractivity contribution in [2.75, 3.05) is 0 Å². The molecule has 2 aromatic rings. The minimum atomic E-state index is 0.578. The molecule has 0 aliphatic heterocycles. The van der Waals surface area contributed by atoms with E-state index in [9.17, 15) is 4.79 Å². The number of carbonyl (C=O) groups is 1. The average molecular weight is 383 g/mol. The molecule has 146 valence electrons. The van der Waals surface area contributed by atoms with Gasteiger partial charge in [-0.3, -0.25) is 0 Å². The third kappa shape index (κ3) is 4.86. The predicted molar refractivity (Wildman–Crippen MR) is 118 cm³/mol. The van der Waals surface area contributed by atoms with Gasteiger partial charge in [-0.05, 0) is 49.2 Å². The fourth-order valence-corrected chi connectivity index (χ4v) is 4.01. The van der Waals surface area contributed by atoms with Gasteiger partial charge in [0.25, 0.3) is 0 Å². The number of hydrogen-bond donors (Lipinski definition) is 0. The first kappa shape index (κ1) is 19.3. The van der Waals surface area contributed by atoms with Gasteiger partial charge < -0.3 is 4.79 Å². The van der Waals surface area contributed by atoms with Gasteiger partial charge in [0.05, 0.1) is 0 Å². The summed E-state index contributed by atoms with van der Waals surface area (Å²) in [6, 6.07) is 10.8. The quantitative estimate of drug-likeness (QED) is 0.569. The van der Waals surface area contributed by atoms with Gasteiger partial charge in [-0.1, -0.05) is 66.3 Å². The Kier molecular flexibility index (Phi) is 6.25. The first-order chi connectivity index (χ1) is 14.3. The smallest absolute Gasteiger partial charge is 0.159 e. The number of benzene rings is 1. The number of aldehydes is 1. The molecule has 1 aromatic carbocycles. The van der Waals surface area contributed by atoms with Gasteiger partial charge in [-0.25, -0.2) is 9.97 Å². The average Bonchev–Trinajstić information content (AvgIpc) is 3.04. The van der Waals surface area contributed by atoms with E-state index in [1.807, 2.05) is 12.4 Å². The Morgan fingerprint density at radius 1 is 1.07 bits per heavy atom. The van der Waals surface area contributed by atoms with Crippen molar-refractivity contribution in [3.05, 3.63) is 95.6 Å². The Balaban J connectivity index is 1.44. The molecule has 0 saturated carbocycles. The van der Waals surface area contributed by atoms with E-state index < -0.39 is 0 Å². The maximum absolute atomic E-state index is 10.6. The van der Waals surface area contributed by atoms with E-state index in [4.69, 9.17) is 0 Å². The SMILES string of the molecule is O=CCCC1=CC=C(c2ncc(C3=CCC(c4ccccc4)CC3)cn2)C=CC1. The number of aromatic nitrogens is 2. The normalized spacial score (nSPS) is 19.0. The second-order valence-corrected chi connectivity index (χ2v) is 7.67. The van der Waals surface area contributed by atoms with Crippen molar-refractivity contribution in [3.63, 3.8) is 0 Å². The molecule has 0 radical (unpaired) electrons. The summed E-state index contributed by atoms with van der Waals surface area (Å²) in [5, 5.41) is 0. The van der Waals surface area contributed by atoms with Crippen LogP contribution in [0.15, 0.2) is 78.7 Å². The molecule has 1 heterocycles. The molecule has 3 nitrogen and oxygen atoms in total. The Hall–Kier alpha value is -3.07. The molecule has 0 spiro atoms. The third-order valence-electron chi connectivity index (χ3n) is 5.72. The number of allylic oxidation sites excluding steroid dienone is 8. The zero-order chi connectivity index (χ0) is 19.9. The Morgan fingerprint density at radius 2 is 1.90 bits per heavy atom. The summed E-state index contributed by atoms with van der Waals surface area (Å²) in [6.45, 7) is 0. The standard InChI is InChI=1S/C26H26N2O/c29-17-5-7-20-6-4-10-24(12-11-20)26-27-18-25(19-28-26)23-15-13-22(14-16-23)21-8-2-1-3-9-21/h1-4,8-12,15,17-19,22H,5-7,13-14,16H2. The summed E-state index contributed by atoms with van der Waals surface area (Å²) in [5.74, 6) is 1.36. The van der Waals surface area contributed by atoms with Gasteiger partial charge in [-0.2, -0.15) is 0 Å². The van der Waals surface area contributed by atoms with Crippen molar-refractivity contribution in [2.24, 2.45) is 0 Å². The van der Waals surface area contributed by atoms with Crippen LogP contribution in [0.4, 0.5) is 0 Å². The lowest BCUT2D eigenvalue weighted by Crippen LogP contribution is -2.04. The summed E-state index contributed by atoms with van der Waals surface area (Å²) in [5.41, 5.74) is 6.19. The van der Waals surface area contributed by atoms with Crippen LogP contribution in [-0.4, -0.2) is 16.3 Å². The van der Waals surface area contributed by atoms with Gasteiger partial charge >= 0.3 is 0 Å². The zero-order valence-corrected chi connectivity index (χ0v) is 16.6. The molecular weight excluding hydrogens is 356 g/mol. The first-order valence-electron chi connectivity index (χ1n) is 10.4. The molecule has 4 rings (SSSR count). The van der Waals surface area contributed by atoms with Crippen LogP contribution in [-0.2, 0) is 4.79 Å². The Labute approximate surface area is 172 Å². The Bertz CT molecular complexity index is 966. The summed E-state index contributed by atoms with van der Waals surface area (Å²) < 4.78 is 0. The molecule has 2 aliphatic rings. The first-order valence-corrected chi connectivity index (χ1v) is 10.4. The molecule has 1 aromatic heterocycles. The van der Waals surface area contributed by atoms with E-state index in [1.54, 1.807) is 0 Å². The van der Waals surface area contributed by atoms with Crippen LogP contribution in [0.3, 0.4) is 0 Å². The van der Waals surface area contributed by atoms with E-state index in [1.165, 1.54) is 23.1 Å². The lowest BCUT2D eigenvalue weighted by molar-refractivity contribution is -0.107. The van der Waals surface area contributed by atoms with Gasteiger partial charge in [0.15, 0.2) is 5.82 Å². The zero-order valence-electron chi connectivity index (χ0n) is 16.6. The molecule has 0 N–H and O–H groups in total. The van der Waals surface area contributed by atoms with Crippen molar-refractivity contribution >= 4 is 17.4 Å². The number of rotatable bonds is 6. The largest absolute Gasteiger partial charge is 0.303 e. The van der Waals surface area contributed by atoms with Crippen molar-refractivity contribution in [2.45, 2.75) is 44.4 Å². The van der Waals surface area contributed by atoms with Crippen LogP contribution < -0.4 is 0 Å². The van der Waals surface area contributed by atoms with E-state index in [2.05, 4.69) is 70.7 Å². The third-order valence-corrected chi connectivity index (χ3v) is 5.72. The van der Waals surface area contributed by atoms with Crippen LogP contribution in [0, 0.1) is 0 Å². The number of hydrogen-bond acceptors (Lipinski definition) is 3. The highest BCUT2D eigenvalue weighted by Gasteiger charge is 2.17. The van der Waals surface area contributed by atoms with E-state index in [-0.39, 0.29) is 0 Å². The van der Waals surface area contributed by atoms with Crippen LogP contribution >= 0.6 is 0 Å². The highest BCUT2D eigenvalue weighted by Crippen LogP contribution is 2.35. The molecule has 29 heavy (non-hydrogen) atoms. The number of nitrogens with zero attached hydrogens (tertiary/aromatic N) is 2. The molecule has 0 amide bonds. The monoisotopic (exact) mass is 382 g/mol. The molecule has 0 saturated heterocycles. The fraction of sp³-hybridized carbons (Fsp3) is 0.269. The van der Waals surface area contributed by atoms with Gasteiger partial charge in [0, 0.05) is 30.0 Å². The maximum atomic E-state index is 10.6. The summed E-state index contributed by atoms with van der Waals surface area (Å²) in [4.78, 5) is 19.8.